The van der Waals surface area contributed by atoms with Gasteiger partial charge in [0.1, 0.15) is 6.42 Å². The Kier molecular flexibility index (Phi) is 7.68. The lowest BCUT2D eigenvalue weighted by atomic mass is 9.44. The van der Waals surface area contributed by atoms with Crippen LogP contribution in [0.25, 0.3) is 0 Å². The van der Waals surface area contributed by atoms with Gasteiger partial charge >= 0.3 is 0 Å². The van der Waals surface area contributed by atoms with Crippen molar-refractivity contribution in [3.05, 3.63) is 30.1 Å². The lowest BCUT2D eigenvalue weighted by Crippen LogP contribution is -2.56. The molecule has 4 aliphatic carbocycles. The van der Waals surface area contributed by atoms with Crippen LogP contribution >= 0.6 is 0 Å². The topological polar surface area (TPSA) is 89.5 Å². The van der Waals surface area contributed by atoms with Crippen molar-refractivity contribution in [2.45, 2.75) is 123 Å². The van der Waals surface area contributed by atoms with Crippen LogP contribution in [0, 0.1) is 52.3 Å². The summed E-state index contributed by atoms with van der Waals surface area (Å²) < 4.78 is 13.5. The summed E-state index contributed by atoms with van der Waals surface area (Å²) in [6.07, 6.45) is 13.9. The molecular formula is C36H53N3O4. The van der Waals surface area contributed by atoms with Crippen molar-refractivity contribution >= 4 is 11.8 Å². The Bertz CT molecular complexity index is 1200. The molecule has 6 fully saturated rings. The summed E-state index contributed by atoms with van der Waals surface area (Å²) in [5, 5.41) is 6.06. The number of hydrogen-bond acceptors (Lipinski definition) is 5. The first kappa shape index (κ1) is 29.7. The molecule has 2 saturated heterocycles. The standard InChI is InChI=1S/C36H53N3O4/c1-22-10-15-36(42-21-22)23(2)33-30(43-36)18-29-27-9-8-24-17-25(11-13-34(24,3)28(27)12-14-35(29,33)4)39-32(41)19-31(40)38-20-26-7-5-6-16-37-26/h5-7,16,22-25,27-30,33H,8-15,17-21H2,1-4H3,(H,38,40)(H,39,41)/t22-,23+,24-,25+,27-,28+,29+,30+,33+,34+,35+,36-/m1/s1. The van der Waals surface area contributed by atoms with E-state index in [1.807, 2.05) is 18.2 Å². The molecule has 2 N–H and O–H groups in total. The quantitative estimate of drug-likeness (QED) is 0.409. The smallest absolute Gasteiger partial charge is 0.229 e. The third-order valence-corrected chi connectivity index (χ3v) is 13.8. The van der Waals surface area contributed by atoms with E-state index < -0.39 is 0 Å². The molecule has 7 rings (SSSR count). The van der Waals surface area contributed by atoms with Crippen molar-refractivity contribution in [3.63, 3.8) is 0 Å². The Morgan fingerprint density at radius 1 is 0.953 bits per heavy atom. The van der Waals surface area contributed by atoms with Gasteiger partial charge in [-0.3, -0.25) is 14.6 Å². The van der Waals surface area contributed by atoms with E-state index in [-0.39, 0.29) is 30.1 Å². The molecule has 7 nitrogen and oxygen atoms in total. The molecule has 3 heterocycles. The molecule has 1 aromatic heterocycles. The van der Waals surface area contributed by atoms with Gasteiger partial charge in [-0.05, 0) is 116 Å². The molecule has 4 saturated carbocycles. The van der Waals surface area contributed by atoms with Crippen LogP contribution in [0.5, 0.6) is 0 Å². The molecule has 12 atom stereocenters. The maximum absolute atomic E-state index is 12.8. The summed E-state index contributed by atoms with van der Waals surface area (Å²) in [6, 6.07) is 5.79. The van der Waals surface area contributed by atoms with Crippen molar-refractivity contribution < 1.29 is 19.1 Å². The number of ether oxygens (including phenoxy) is 2. The Labute approximate surface area is 258 Å². The average molecular weight is 592 g/mol. The Balaban J connectivity index is 0.952. The summed E-state index contributed by atoms with van der Waals surface area (Å²) >= 11 is 0. The minimum Gasteiger partial charge on any atom is -0.353 e. The SMILES string of the molecule is C[C@@H]1CC[C@@]2(OC1)O[C@H]1C[C@H]3[C@@H]4CC[C@@H]5C[C@@H](NC(=O)CC(=O)NCc6ccccn6)CC[C@]5(C)[C@H]4CC[C@]3(C)[C@H]1[C@@H]2C. The van der Waals surface area contributed by atoms with Crippen molar-refractivity contribution in [1.82, 2.24) is 15.6 Å². The normalized spacial score (nSPS) is 46.7. The molecule has 1 spiro atoms. The first-order valence-electron chi connectivity index (χ1n) is 17.4. The molecule has 7 heteroatoms. The molecule has 1 aromatic rings. The lowest BCUT2D eigenvalue weighted by molar-refractivity contribution is -0.273. The fourth-order valence-corrected chi connectivity index (χ4v) is 11.6. The number of amides is 2. The average Bonchev–Trinajstić information content (AvgIpc) is 3.44. The van der Waals surface area contributed by atoms with Gasteiger partial charge in [-0.2, -0.15) is 0 Å². The molecule has 0 aromatic carbocycles. The van der Waals surface area contributed by atoms with E-state index in [2.05, 4.69) is 43.3 Å². The van der Waals surface area contributed by atoms with Gasteiger partial charge in [-0.25, -0.2) is 0 Å². The van der Waals surface area contributed by atoms with Crippen LogP contribution < -0.4 is 10.6 Å². The van der Waals surface area contributed by atoms with Crippen LogP contribution in [0.4, 0.5) is 0 Å². The summed E-state index contributed by atoms with van der Waals surface area (Å²) in [5.74, 6) is 3.95. The van der Waals surface area contributed by atoms with Crippen LogP contribution in [0.2, 0.25) is 0 Å². The maximum atomic E-state index is 12.8. The van der Waals surface area contributed by atoms with Crippen molar-refractivity contribution in [2.75, 3.05) is 6.61 Å². The van der Waals surface area contributed by atoms with E-state index in [0.717, 1.165) is 49.3 Å². The zero-order valence-electron chi connectivity index (χ0n) is 26.8. The van der Waals surface area contributed by atoms with Crippen LogP contribution in [0.1, 0.15) is 104 Å². The number of fused-ring (bicyclic) bond motifs is 7. The number of pyridine rings is 1. The fourth-order valence-electron chi connectivity index (χ4n) is 11.6. The second kappa shape index (κ2) is 11.1. The van der Waals surface area contributed by atoms with E-state index in [1.54, 1.807) is 6.20 Å². The van der Waals surface area contributed by atoms with Gasteiger partial charge in [0.15, 0.2) is 5.79 Å². The summed E-state index contributed by atoms with van der Waals surface area (Å²) in [7, 11) is 0. The number of carbonyl (C=O) groups excluding carboxylic acids is 2. The van der Waals surface area contributed by atoms with Gasteiger partial charge in [0.25, 0.3) is 0 Å². The number of rotatable bonds is 5. The molecular weight excluding hydrogens is 538 g/mol. The van der Waals surface area contributed by atoms with Crippen LogP contribution in [0.15, 0.2) is 24.4 Å². The molecule has 0 radical (unpaired) electrons. The van der Waals surface area contributed by atoms with Gasteiger partial charge in [0, 0.05) is 24.6 Å². The van der Waals surface area contributed by atoms with E-state index in [4.69, 9.17) is 9.47 Å². The number of aromatic nitrogens is 1. The minimum absolute atomic E-state index is 0.121. The summed E-state index contributed by atoms with van der Waals surface area (Å²) in [5.41, 5.74) is 1.49. The second-order valence-electron chi connectivity index (χ2n) is 16.0. The number of nitrogens with zero attached hydrogens (tertiary/aromatic N) is 1. The summed E-state index contributed by atoms with van der Waals surface area (Å²) in [6.45, 7) is 11.1. The second-order valence-corrected chi connectivity index (χ2v) is 16.0. The first-order chi connectivity index (χ1) is 20.6. The number of hydrogen-bond donors (Lipinski definition) is 2. The van der Waals surface area contributed by atoms with Gasteiger partial charge in [0.05, 0.1) is 24.9 Å². The van der Waals surface area contributed by atoms with E-state index in [9.17, 15) is 9.59 Å². The van der Waals surface area contributed by atoms with Gasteiger partial charge < -0.3 is 20.1 Å². The Morgan fingerprint density at radius 3 is 2.56 bits per heavy atom. The number of carbonyl (C=O) groups is 2. The fraction of sp³-hybridized carbons (Fsp3) is 0.806. The van der Waals surface area contributed by atoms with Crippen LogP contribution in [0.3, 0.4) is 0 Å². The van der Waals surface area contributed by atoms with Crippen LogP contribution in [-0.2, 0) is 25.6 Å². The third-order valence-electron chi connectivity index (χ3n) is 13.8. The highest BCUT2D eigenvalue weighted by Gasteiger charge is 2.69. The highest BCUT2D eigenvalue weighted by atomic mass is 16.7. The predicted molar refractivity (Wildman–Crippen MR) is 164 cm³/mol. The molecule has 43 heavy (non-hydrogen) atoms. The monoisotopic (exact) mass is 591 g/mol. The van der Waals surface area contributed by atoms with Gasteiger partial charge in [-0.15, -0.1) is 0 Å². The van der Waals surface area contributed by atoms with Gasteiger partial charge in [-0.1, -0.05) is 33.8 Å². The molecule has 236 valence electrons. The van der Waals surface area contributed by atoms with Crippen LogP contribution in [-0.4, -0.2) is 41.3 Å². The van der Waals surface area contributed by atoms with Gasteiger partial charge in [0.2, 0.25) is 11.8 Å². The van der Waals surface area contributed by atoms with E-state index >= 15 is 0 Å². The Hall–Kier alpha value is -1.99. The molecule has 2 amide bonds. The highest BCUT2D eigenvalue weighted by Crippen LogP contribution is 2.71. The lowest BCUT2D eigenvalue weighted by Gasteiger charge is -2.61. The maximum Gasteiger partial charge on any atom is 0.229 e. The number of nitrogens with one attached hydrogen (secondary N) is 2. The predicted octanol–water partition coefficient (Wildman–Crippen LogP) is 6.02. The largest absolute Gasteiger partial charge is 0.353 e. The zero-order chi connectivity index (χ0) is 30.0. The molecule has 0 unspecified atom stereocenters. The van der Waals surface area contributed by atoms with E-state index in [0.29, 0.717) is 47.2 Å². The van der Waals surface area contributed by atoms with Crippen molar-refractivity contribution in [1.29, 1.82) is 0 Å². The zero-order valence-corrected chi connectivity index (χ0v) is 26.8. The Morgan fingerprint density at radius 2 is 1.79 bits per heavy atom. The molecule has 2 aliphatic heterocycles. The third kappa shape index (κ3) is 5.05. The molecule has 0 bridgehead atoms. The van der Waals surface area contributed by atoms with Crippen molar-refractivity contribution in [3.8, 4) is 0 Å². The highest BCUT2D eigenvalue weighted by molar-refractivity contribution is 5.96. The van der Waals surface area contributed by atoms with E-state index in [1.165, 1.54) is 44.9 Å². The summed E-state index contributed by atoms with van der Waals surface area (Å²) in [4.78, 5) is 29.4. The molecule has 6 aliphatic rings. The minimum atomic E-state index is -0.334. The van der Waals surface area contributed by atoms with Crippen molar-refractivity contribution in [2.24, 2.45) is 52.3 Å². The first-order valence-corrected chi connectivity index (χ1v) is 17.4.